The van der Waals surface area contributed by atoms with E-state index >= 15 is 0 Å². The van der Waals surface area contributed by atoms with Crippen LogP contribution in [-0.2, 0) is 4.79 Å². The summed E-state index contributed by atoms with van der Waals surface area (Å²) in [5.74, 6) is -0.227. The number of amides is 1. The van der Waals surface area contributed by atoms with Gasteiger partial charge < -0.3 is 0 Å². The first kappa shape index (κ1) is 9.09. The number of rotatable bonds is 0. The van der Waals surface area contributed by atoms with E-state index < -0.39 is 0 Å². The first-order chi connectivity index (χ1) is 6.16. The zero-order valence-electron chi connectivity index (χ0n) is 6.42. The van der Waals surface area contributed by atoms with Crippen LogP contribution < -0.4 is 0 Å². The van der Waals surface area contributed by atoms with E-state index in [2.05, 4.69) is 36.9 Å². The summed E-state index contributed by atoms with van der Waals surface area (Å²) in [5.41, 5.74) is 1.66. The van der Waals surface area contributed by atoms with Gasteiger partial charge in [0.25, 0.3) is 5.91 Å². The molecule has 0 fully saturated rings. The topological polar surface area (TPSA) is 29.4 Å². The molecule has 0 saturated carbocycles. The summed E-state index contributed by atoms with van der Waals surface area (Å²) in [4.78, 5) is 16.0. The van der Waals surface area contributed by atoms with Crippen molar-refractivity contribution >= 4 is 43.5 Å². The molecule has 0 saturated heterocycles. The summed E-state index contributed by atoms with van der Waals surface area (Å²) >= 11 is 6.50. The highest BCUT2D eigenvalue weighted by Crippen LogP contribution is 2.27. The van der Waals surface area contributed by atoms with Crippen LogP contribution in [0.1, 0.15) is 0 Å². The Morgan fingerprint density at radius 1 is 1.15 bits per heavy atom. The number of carbonyl (C=O) groups excluding carboxylic acids is 1. The molecule has 0 N–H and O–H groups in total. The van der Waals surface area contributed by atoms with Crippen LogP contribution in [0.3, 0.4) is 0 Å². The average molecular weight is 302 g/mol. The number of fused-ring (bicyclic) bond motifs is 1. The van der Waals surface area contributed by atoms with Gasteiger partial charge in [-0.25, -0.2) is 4.99 Å². The molecule has 1 aliphatic heterocycles. The van der Waals surface area contributed by atoms with Crippen LogP contribution in [0.15, 0.2) is 39.4 Å². The van der Waals surface area contributed by atoms with Crippen LogP contribution in [-0.4, -0.2) is 11.6 Å². The van der Waals surface area contributed by atoms with Crippen molar-refractivity contribution in [2.24, 2.45) is 4.99 Å². The minimum Gasteiger partial charge on any atom is -0.266 e. The molecule has 1 amide bonds. The van der Waals surface area contributed by atoms with Crippen LogP contribution in [0.25, 0.3) is 0 Å². The second kappa shape index (κ2) is 3.35. The molecule has 2 aliphatic rings. The first-order valence-electron chi connectivity index (χ1n) is 3.59. The molecule has 4 heteroatoms. The van der Waals surface area contributed by atoms with Crippen LogP contribution >= 0.6 is 31.9 Å². The minimum atomic E-state index is -0.227. The average Bonchev–Trinajstić information content (AvgIpc) is 2.08. The van der Waals surface area contributed by atoms with E-state index in [-0.39, 0.29) is 5.91 Å². The van der Waals surface area contributed by atoms with Crippen molar-refractivity contribution in [1.82, 2.24) is 0 Å². The van der Waals surface area contributed by atoms with Crippen LogP contribution in [0.5, 0.6) is 0 Å². The van der Waals surface area contributed by atoms with Gasteiger partial charge in [-0.15, -0.1) is 0 Å². The second-order valence-corrected chi connectivity index (χ2v) is 4.38. The summed E-state index contributed by atoms with van der Waals surface area (Å²) in [6, 6.07) is 0. The zero-order valence-corrected chi connectivity index (χ0v) is 9.59. The molecule has 65 valence electrons. The van der Waals surface area contributed by atoms with Gasteiger partial charge in [0, 0.05) is 0 Å². The Balaban J connectivity index is 2.45. The molecule has 0 bridgehead atoms. The van der Waals surface area contributed by atoms with Crippen molar-refractivity contribution in [3.63, 3.8) is 0 Å². The number of hydrogen-bond donors (Lipinski definition) is 0. The molecule has 1 radical (unpaired) electrons. The van der Waals surface area contributed by atoms with Gasteiger partial charge in [-0.1, -0.05) is 28.1 Å². The van der Waals surface area contributed by atoms with Crippen molar-refractivity contribution < 1.29 is 4.79 Å². The molecule has 2 nitrogen and oxygen atoms in total. The van der Waals surface area contributed by atoms with Crippen LogP contribution in [0, 0.1) is 4.83 Å². The van der Waals surface area contributed by atoms with Gasteiger partial charge in [0.2, 0.25) is 0 Å². The third kappa shape index (κ3) is 1.74. The second-order valence-electron chi connectivity index (χ2n) is 2.61. The van der Waals surface area contributed by atoms with Gasteiger partial charge in [0.05, 0.1) is 15.0 Å². The van der Waals surface area contributed by atoms with Crippen LogP contribution in [0.4, 0.5) is 0 Å². The number of allylic oxidation sites excluding steroid dienone is 5. The lowest BCUT2D eigenvalue weighted by Gasteiger charge is -2.13. The van der Waals surface area contributed by atoms with Crippen molar-refractivity contribution in [2.75, 3.05) is 0 Å². The molecular formula is C9H4Br2NO. The zero-order chi connectivity index (χ0) is 9.42. The maximum Gasteiger partial charge on any atom is 0.284 e. The van der Waals surface area contributed by atoms with Gasteiger partial charge in [-0.05, 0) is 33.7 Å². The Kier molecular flexibility index (Phi) is 2.34. The molecule has 0 unspecified atom stereocenters. The van der Waals surface area contributed by atoms with E-state index in [1.54, 1.807) is 6.08 Å². The summed E-state index contributed by atoms with van der Waals surface area (Å²) < 4.78 is 0.498. The highest BCUT2D eigenvalue weighted by molar-refractivity contribution is 9.12. The number of carbonyl (C=O) groups is 1. The monoisotopic (exact) mass is 300 g/mol. The van der Waals surface area contributed by atoms with E-state index in [0.29, 0.717) is 4.48 Å². The first-order valence-corrected chi connectivity index (χ1v) is 5.18. The Morgan fingerprint density at radius 2 is 1.92 bits per heavy atom. The molecule has 1 heterocycles. The highest BCUT2D eigenvalue weighted by Gasteiger charge is 2.18. The van der Waals surface area contributed by atoms with Gasteiger partial charge in [0.1, 0.15) is 0 Å². The number of nitrogens with zero attached hydrogens (tertiary/aromatic N) is 1. The lowest BCUT2D eigenvalue weighted by molar-refractivity contribution is -0.113. The van der Waals surface area contributed by atoms with E-state index in [4.69, 9.17) is 0 Å². The predicted octanol–water partition coefficient (Wildman–Crippen LogP) is 2.67. The van der Waals surface area contributed by atoms with Crippen molar-refractivity contribution in [1.29, 1.82) is 0 Å². The fraction of sp³-hybridized carbons (Fsp3) is 0. The fourth-order valence-corrected chi connectivity index (χ4v) is 1.82. The summed E-state index contributed by atoms with van der Waals surface area (Å²) in [6.45, 7) is 0. The number of dihydropyridines is 1. The Labute approximate surface area is 92.4 Å². The summed E-state index contributed by atoms with van der Waals surface area (Å²) in [5, 5.41) is 0. The molecule has 0 aromatic rings. The number of aliphatic imine (C=N–C) groups is 1. The molecule has 0 atom stereocenters. The third-order valence-electron chi connectivity index (χ3n) is 1.70. The Hall–Kier alpha value is -0.480. The van der Waals surface area contributed by atoms with E-state index in [9.17, 15) is 4.79 Å². The maximum absolute atomic E-state index is 11.1. The smallest absolute Gasteiger partial charge is 0.266 e. The molecule has 0 spiro atoms. The number of halogens is 2. The summed E-state index contributed by atoms with van der Waals surface area (Å²) in [6.07, 6.45) is 7.37. The third-order valence-corrected chi connectivity index (χ3v) is 2.76. The van der Waals surface area contributed by atoms with Gasteiger partial charge in [-0.2, -0.15) is 0 Å². The van der Waals surface area contributed by atoms with Crippen LogP contribution in [0.2, 0.25) is 0 Å². The number of hydrogen-bond acceptors (Lipinski definition) is 1. The quantitative estimate of drug-likeness (QED) is 0.676. The van der Waals surface area contributed by atoms with E-state index in [1.165, 1.54) is 0 Å². The molecule has 2 rings (SSSR count). The highest BCUT2D eigenvalue weighted by atomic mass is 79.9. The van der Waals surface area contributed by atoms with E-state index in [0.717, 1.165) is 16.1 Å². The summed E-state index contributed by atoms with van der Waals surface area (Å²) in [7, 11) is 0. The largest absolute Gasteiger partial charge is 0.284 e. The van der Waals surface area contributed by atoms with E-state index in [1.807, 2.05) is 18.2 Å². The van der Waals surface area contributed by atoms with Crippen molar-refractivity contribution in [3.8, 4) is 0 Å². The molecule has 13 heavy (non-hydrogen) atoms. The van der Waals surface area contributed by atoms with Gasteiger partial charge in [0.15, 0.2) is 0 Å². The maximum atomic E-state index is 11.1. The molecule has 0 aromatic carbocycles. The minimum absolute atomic E-state index is 0.227. The van der Waals surface area contributed by atoms with Crippen molar-refractivity contribution in [3.05, 3.63) is 39.2 Å². The molecule has 1 aliphatic carbocycles. The van der Waals surface area contributed by atoms with Crippen molar-refractivity contribution in [2.45, 2.75) is 0 Å². The fourth-order valence-electron chi connectivity index (χ4n) is 1.10. The molecule has 0 aromatic heterocycles. The standard InChI is InChI=1S/C9H4Br2NO/c10-6-1-2-8-5(3-6)4-7(11)9(13)12-8/h1-4H. The Morgan fingerprint density at radius 3 is 2.69 bits per heavy atom. The predicted molar refractivity (Wildman–Crippen MR) is 58.8 cm³/mol. The Bertz CT molecular complexity index is 390. The van der Waals surface area contributed by atoms with Gasteiger partial charge >= 0.3 is 0 Å². The van der Waals surface area contributed by atoms with Gasteiger partial charge in [-0.3, -0.25) is 4.79 Å². The normalized spacial score (nSPS) is 22.0. The SMILES string of the molecule is O=C1N=C2C=C[C](Br)C=C2C=C1Br. The molecular weight excluding hydrogens is 298 g/mol. The lowest BCUT2D eigenvalue weighted by Crippen LogP contribution is -2.12. The lowest BCUT2D eigenvalue weighted by atomic mass is 10.0.